The first-order valence-electron chi connectivity index (χ1n) is 3.96. The average Bonchev–Trinajstić information content (AvgIpc) is 2.51. The van der Waals surface area contributed by atoms with Gasteiger partial charge in [-0.2, -0.15) is 0 Å². The summed E-state index contributed by atoms with van der Waals surface area (Å²) in [4.78, 5) is 4.21. The van der Waals surface area contributed by atoms with E-state index in [0.717, 1.165) is 9.61 Å². The van der Waals surface area contributed by atoms with Crippen LogP contribution in [0.25, 0.3) is 0 Å². The molecular formula is C8H12BrNOS. The molecule has 0 saturated heterocycles. The van der Waals surface area contributed by atoms with Crippen molar-refractivity contribution in [2.24, 2.45) is 0 Å². The minimum atomic E-state index is -0.726. The number of rotatable bonds is 3. The van der Waals surface area contributed by atoms with Crippen molar-refractivity contribution in [1.82, 2.24) is 4.98 Å². The van der Waals surface area contributed by atoms with Crippen LogP contribution in [0.15, 0.2) is 9.98 Å². The van der Waals surface area contributed by atoms with Crippen LogP contribution in [0, 0.1) is 0 Å². The zero-order valence-electron chi connectivity index (χ0n) is 7.17. The molecule has 1 heterocycles. The number of halogens is 1. The van der Waals surface area contributed by atoms with Gasteiger partial charge in [-0.1, -0.05) is 13.8 Å². The molecule has 12 heavy (non-hydrogen) atoms. The van der Waals surface area contributed by atoms with Crippen molar-refractivity contribution in [3.8, 4) is 0 Å². The lowest BCUT2D eigenvalue weighted by molar-refractivity contribution is 0.0280. The Labute approximate surface area is 84.8 Å². The molecule has 0 aliphatic carbocycles. The summed E-state index contributed by atoms with van der Waals surface area (Å²) in [6.07, 6.45) is 1.42. The van der Waals surface area contributed by atoms with E-state index in [1.165, 1.54) is 11.3 Å². The van der Waals surface area contributed by atoms with Crippen LogP contribution < -0.4 is 0 Å². The summed E-state index contributed by atoms with van der Waals surface area (Å²) >= 11 is 4.77. The van der Waals surface area contributed by atoms with E-state index in [-0.39, 0.29) is 0 Å². The third kappa shape index (κ3) is 1.87. The summed E-state index contributed by atoms with van der Waals surface area (Å²) in [6, 6.07) is 0. The van der Waals surface area contributed by atoms with E-state index >= 15 is 0 Å². The molecule has 68 valence electrons. The lowest BCUT2D eigenvalue weighted by atomic mass is 9.99. The molecule has 2 nitrogen and oxygen atoms in total. The van der Waals surface area contributed by atoms with Gasteiger partial charge in [-0.05, 0) is 28.8 Å². The van der Waals surface area contributed by atoms with E-state index < -0.39 is 5.60 Å². The molecule has 0 amide bonds. The molecule has 0 saturated carbocycles. The summed E-state index contributed by atoms with van der Waals surface area (Å²) in [5, 5.41) is 12.7. The molecular weight excluding hydrogens is 238 g/mol. The van der Waals surface area contributed by atoms with E-state index in [0.29, 0.717) is 12.8 Å². The van der Waals surface area contributed by atoms with Crippen LogP contribution >= 0.6 is 27.3 Å². The molecule has 0 aromatic carbocycles. The first-order valence-corrected chi connectivity index (χ1v) is 5.63. The fourth-order valence-corrected chi connectivity index (χ4v) is 2.52. The highest BCUT2D eigenvalue weighted by Gasteiger charge is 2.27. The second kappa shape index (κ2) is 3.85. The molecule has 1 N–H and O–H groups in total. The molecule has 0 bridgehead atoms. The maximum atomic E-state index is 10.0. The Balaban J connectivity index is 2.94. The van der Waals surface area contributed by atoms with Crippen LogP contribution in [0.3, 0.4) is 0 Å². The molecule has 1 aromatic heterocycles. The van der Waals surface area contributed by atoms with Crippen molar-refractivity contribution in [3.63, 3.8) is 0 Å². The molecule has 0 fully saturated rings. The molecule has 1 rings (SSSR count). The van der Waals surface area contributed by atoms with Crippen LogP contribution in [0.5, 0.6) is 0 Å². The van der Waals surface area contributed by atoms with Crippen LogP contribution in [0.4, 0.5) is 0 Å². The molecule has 0 atom stereocenters. The van der Waals surface area contributed by atoms with Gasteiger partial charge in [0.1, 0.15) is 15.2 Å². The number of aliphatic hydroxyl groups is 1. The second-order valence-electron chi connectivity index (χ2n) is 2.71. The average molecular weight is 250 g/mol. The van der Waals surface area contributed by atoms with Crippen LogP contribution in [0.2, 0.25) is 0 Å². The summed E-state index contributed by atoms with van der Waals surface area (Å²) in [5.41, 5.74) is -0.726. The van der Waals surface area contributed by atoms with Crippen LogP contribution in [0.1, 0.15) is 31.7 Å². The van der Waals surface area contributed by atoms with Crippen molar-refractivity contribution >= 4 is 27.3 Å². The SMILES string of the molecule is CCC(O)(CC)c1nc(Br)cs1. The Morgan fingerprint density at radius 3 is 2.50 bits per heavy atom. The lowest BCUT2D eigenvalue weighted by Gasteiger charge is -2.21. The summed E-state index contributed by atoms with van der Waals surface area (Å²) in [6.45, 7) is 3.94. The van der Waals surface area contributed by atoms with Gasteiger partial charge in [0, 0.05) is 5.38 Å². The van der Waals surface area contributed by atoms with Crippen LogP contribution in [-0.4, -0.2) is 10.1 Å². The third-order valence-corrected chi connectivity index (χ3v) is 3.79. The summed E-state index contributed by atoms with van der Waals surface area (Å²) in [7, 11) is 0. The Hall–Kier alpha value is 0.0700. The molecule has 0 aliphatic rings. The molecule has 0 radical (unpaired) electrons. The Morgan fingerprint density at radius 2 is 2.17 bits per heavy atom. The Kier molecular flexibility index (Phi) is 3.26. The Bertz CT molecular complexity index is 257. The van der Waals surface area contributed by atoms with Gasteiger partial charge < -0.3 is 5.11 Å². The highest BCUT2D eigenvalue weighted by Crippen LogP contribution is 2.31. The monoisotopic (exact) mass is 249 g/mol. The van der Waals surface area contributed by atoms with E-state index in [9.17, 15) is 5.11 Å². The zero-order chi connectivity index (χ0) is 9.19. The van der Waals surface area contributed by atoms with Gasteiger partial charge in [-0.15, -0.1) is 11.3 Å². The minimum absolute atomic E-state index is 0.712. The summed E-state index contributed by atoms with van der Waals surface area (Å²) < 4.78 is 0.808. The van der Waals surface area contributed by atoms with Crippen molar-refractivity contribution in [2.45, 2.75) is 32.3 Å². The van der Waals surface area contributed by atoms with E-state index in [1.807, 2.05) is 19.2 Å². The topological polar surface area (TPSA) is 33.1 Å². The largest absolute Gasteiger partial charge is 0.383 e. The maximum absolute atomic E-state index is 10.0. The van der Waals surface area contributed by atoms with Gasteiger partial charge in [0.25, 0.3) is 0 Å². The number of hydrogen-bond acceptors (Lipinski definition) is 3. The Morgan fingerprint density at radius 1 is 1.58 bits per heavy atom. The predicted molar refractivity (Wildman–Crippen MR) is 54.3 cm³/mol. The number of hydrogen-bond donors (Lipinski definition) is 1. The number of thiazole rings is 1. The quantitative estimate of drug-likeness (QED) is 0.894. The van der Waals surface area contributed by atoms with Gasteiger partial charge in [0.05, 0.1) is 0 Å². The first-order chi connectivity index (χ1) is 5.62. The normalized spacial score (nSPS) is 12.0. The fourth-order valence-electron chi connectivity index (χ4n) is 1.02. The highest BCUT2D eigenvalue weighted by molar-refractivity contribution is 9.10. The lowest BCUT2D eigenvalue weighted by Crippen LogP contribution is -2.22. The van der Waals surface area contributed by atoms with Crippen molar-refractivity contribution in [2.75, 3.05) is 0 Å². The molecule has 0 unspecified atom stereocenters. The second-order valence-corrected chi connectivity index (χ2v) is 4.38. The first kappa shape index (κ1) is 10.2. The minimum Gasteiger partial charge on any atom is -0.383 e. The number of nitrogens with zero attached hydrogens (tertiary/aromatic N) is 1. The van der Waals surface area contributed by atoms with Crippen molar-refractivity contribution in [3.05, 3.63) is 15.0 Å². The van der Waals surface area contributed by atoms with Gasteiger partial charge in [-0.3, -0.25) is 0 Å². The smallest absolute Gasteiger partial charge is 0.126 e. The highest BCUT2D eigenvalue weighted by atomic mass is 79.9. The standard InChI is InChI=1S/C8H12BrNOS/c1-3-8(11,4-2)7-10-6(9)5-12-7/h5,11H,3-4H2,1-2H3. The van der Waals surface area contributed by atoms with Crippen molar-refractivity contribution < 1.29 is 5.11 Å². The third-order valence-electron chi connectivity index (χ3n) is 2.04. The predicted octanol–water partition coefficient (Wildman–Crippen LogP) is 2.91. The molecule has 0 aliphatic heterocycles. The van der Waals surface area contributed by atoms with Gasteiger partial charge >= 0.3 is 0 Å². The maximum Gasteiger partial charge on any atom is 0.126 e. The van der Waals surface area contributed by atoms with Gasteiger partial charge in [0.15, 0.2) is 0 Å². The van der Waals surface area contributed by atoms with E-state index in [1.54, 1.807) is 0 Å². The molecule has 1 aromatic rings. The van der Waals surface area contributed by atoms with Crippen molar-refractivity contribution in [1.29, 1.82) is 0 Å². The number of aromatic nitrogens is 1. The molecule has 4 heteroatoms. The summed E-state index contributed by atoms with van der Waals surface area (Å²) in [5.74, 6) is 0. The van der Waals surface area contributed by atoms with Crippen LogP contribution in [-0.2, 0) is 5.60 Å². The molecule has 0 spiro atoms. The van der Waals surface area contributed by atoms with Gasteiger partial charge in [-0.25, -0.2) is 4.98 Å². The zero-order valence-corrected chi connectivity index (χ0v) is 9.57. The fraction of sp³-hybridized carbons (Fsp3) is 0.625. The van der Waals surface area contributed by atoms with Gasteiger partial charge in [0.2, 0.25) is 0 Å². The van der Waals surface area contributed by atoms with E-state index in [4.69, 9.17) is 0 Å². The van der Waals surface area contributed by atoms with E-state index in [2.05, 4.69) is 20.9 Å².